The summed E-state index contributed by atoms with van der Waals surface area (Å²) < 4.78 is 22.2. The van der Waals surface area contributed by atoms with Crippen molar-refractivity contribution in [3.63, 3.8) is 0 Å². The van der Waals surface area contributed by atoms with Crippen LogP contribution in [0.1, 0.15) is 34.9 Å². The van der Waals surface area contributed by atoms with Crippen molar-refractivity contribution in [2.75, 3.05) is 13.9 Å². The summed E-state index contributed by atoms with van der Waals surface area (Å²) in [6.07, 6.45) is 0.280. The summed E-state index contributed by atoms with van der Waals surface area (Å²) in [5.74, 6) is 2.18. The molecule has 0 amide bonds. The molecule has 0 fully saturated rings. The molecule has 0 saturated carbocycles. The van der Waals surface area contributed by atoms with Gasteiger partial charge in [-0.05, 0) is 29.3 Å². The summed E-state index contributed by atoms with van der Waals surface area (Å²) in [6, 6.07) is 21.8. The van der Waals surface area contributed by atoms with Crippen LogP contribution in [0.3, 0.4) is 0 Å². The summed E-state index contributed by atoms with van der Waals surface area (Å²) >= 11 is 0. The lowest BCUT2D eigenvalue weighted by molar-refractivity contribution is -0.134. The van der Waals surface area contributed by atoms with Crippen LogP contribution in [0.4, 0.5) is 0 Å². The minimum Gasteiger partial charge on any atom is -0.497 e. The van der Waals surface area contributed by atoms with Crippen molar-refractivity contribution in [2.24, 2.45) is 0 Å². The van der Waals surface area contributed by atoms with E-state index in [1.54, 1.807) is 13.2 Å². The van der Waals surface area contributed by atoms with Gasteiger partial charge in [-0.3, -0.25) is 4.79 Å². The van der Waals surface area contributed by atoms with Crippen molar-refractivity contribution >= 4 is 5.97 Å². The molecule has 0 saturated heterocycles. The molecule has 5 heteroatoms. The predicted molar refractivity (Wildman–Crippen MR) is 107 cm³/mol. The topological polar surface area (TPSA) is 54.0 Å². The van der Waals surface area contributed by atoms with Gasteiger partial charge in [-0.15, -0.1) is 0 Å². The number of carbonyl (C=O) groups excluding carboxylic acids is 1. The number of methoxy groups -OCH3 is 1. The first kappa shape index (κ1) is 17.6. The Labute approximate surface area is 168 Å². The van der Waals surface area contributed by atoms with Crippen LogP contribution < -0.4 is 18.9 Å². The number of esters is 1. The third kappa shape index (κ3) is 3.18. The fourth-order valence-corrected chi connectivity index (χ4v) is 4.18. The van der Waals surface area contributed by atoms with Gasteiger partial charge in [0, 0.05) is 23.5 Å². The summed E-state index contributed by atoms with van der Waals surface area (Å²) in [5, 5.41) is 0. The van der Waals surface area contributed by atoms with Crippen molar-refractivity contribution < 1.29 is 23.7 Å². The van der Waals surface area contributed by atoms with Crippen molar-refractivity contribution in [1.82, 2.24) is 0 Å². The van der Waals surface area contributed by atoms with E-state index in [1.165, 1.54) is 0 Å². The van der Waals surface area contributed by atoms with Gasteiger partial charge in [0.15, 0.2) is 11.5 Å². The maximum Gasteiger partial charge on any atom is 0.311 e. The zero-order valence-corrected chi connectivity index (χ0v) is 16.0. The smallest absolute Gasteiger partial charge is 0.311 e. The van der Waals surface area contributed by atoms with Gasteiger partial charge >= 0.3 is 5.97 Å². The number of fused-ring (bicyclic) bond motifs is 2. The molecule has 29 heavy (non-hydrogen) atoms. The van der Waals surface area contributed by atoms with E-state index in [1.807, 2.05) is 48.5 Å². The molecule has 2 atom stereocenters. The SMILES string of the molecule is COc1ccc([C@H]2c3cc4c(cc3OC(=O)C[C@H]2c2ccccc2)OCO4)cc1. The molecule has 146 valence electrons. The Kier molecular flexibility index (Phi) is 4.35. The van der Waals surface area contributed by atoms with E-state index in [-0.39, 0.29) is 31.0 Å². The molecule has 3 aromatic rings. The molecule has 0 bridgehead atoms. The maximum absolute atomic E-state index is 12.7. The van der Waals surface area contributed by atoms with Crippen LogP contribution in [-0.4, -0.2) is 19.9 Å². The van der Waals surface area contributed by atoms with Gasteiger partial charge in [0.2, 0.25) is 6.79 Å². The molecule has 2 heterocycles. The van der Waals surface area contributed by atoms with Crippen LogP contribution in [0.5, 0.6) is 23.0 Å². The van der Waals surface area contributed by atoms with Crippen LogP contribution in [-0.2, 0) is 4.79 Å². The second-order valence-corrected chi connectivity index (χ2v) is 7.19. The van der Waals surface area contributed by atoms with Gasteiger partial charge in [0.1, 0.15) is 11.5 Å². The first-order chi connectivity index (χ1) is 14.2. The molecule has 5 rings (SSSR count). The van der Waals surface area contributed by atoms with E-state index in [0.29, 0.717) is 17.2 Å². The van der Waals surface area contributed by atoms with Crippen LogP contribution in [0.2, 0.25) is 0 Å². The quantitative estimate of drug-likeness (QED) is 0.483. The molecule has 0 N–H and O–H groups in total. The standard InChI is InChI=1S/C24H20O5/c1-26-17-9-7-16(8-10-17)24-18(15-5-3-2-4-6-15)12-23(25)29-20-13-22-21(11-19(20)24)27-14-28-22/h2-11,13,18,24H,12,14H2,1H3/t18-,24+/m0/s1. The van der Waals surface area contributed by atoms with Crippen LogP contribution >= 0.6 is 0 Å². The highest BCUT2D eigenvalue weighted by molar-refractivity contribution is 5.77. The van der Waals surface area contributed by atoms with Crippen molar-refractivity contribution in [2.45, 2.75) is 18.3 Å². The molecule has 5 nitrogen and oxygen atoms in total. The highest BCUT2D eigenvalue weighted by Crippen LogP contribution is 2.50. The number of carbonyl (C=O) groups is 1. The second kappa shape index (κ2) is 7.17. The Hall–Kier alpha value is -3.47. The fourth-order valence-electron chi connectivity index (χ4n) is 4.18. The highest BCUT2D eigenvalue weighted by atomic mass is 16.7. The number of hydrogen-bond donors (Lipinski definition) is 0. The lowest BCUT2D eigenvalue weighted by atomic mass is 9.75. The molecule has 2 aliphatic rings. The molecular formula is C24H20O5. The Morgan fingerprint density at radius 1 is 0.862 bits per heavy atom. The molecule has 0 aromatic heterocycles. The van der Waals surface area contributed by atoms with Crippen molar-refractivity contribution in [3.8, 4) is 23.0 Å². The van der Waals surface area contributed by atoms with Gasteiger partial charge in [-0.25, -0.2) is 0 Å². The highest BCUT2D eigenvalue weighted by Gasteiger charge is 2.36. The molecule has 0 unspecified atom stereocenters. The predicted octanol–water partition coefficient (Wildman–Crippen LogP) is 4.65. The van der Waals surface area contributed by atoms with Gasteiger partial charge in [-0.1, -0.05) is 42.5 Å². The van der Waals surface area contributed by atoms with Crippen molar-refractivity contribution in [1.29, 1.82) is 0 Å². The fraction of sp³-hybridized carbons (Fsp3) is 0.208. The van der Waals surface area contributed by atoms with Gasteiger partial charge < -0.3 is 18.9 Å². The van der Waals surface area contributed by atoms with Crippen LogP contribution in [0.15, 0.2) is 66.7 Å². The van der Waals surface area contributed by atoms with Crippen LogP contribution in [0.25, 0.3) is 0 Å². The Balaban J connectivity index is 1.71. The zero-order chi connectivity index (χ0) is 19.8. The summed E-state index contributed by atoms with van der Waals surface area (Å²) in [6.45, 7) is 0.168. The van der Waals surface area contributed by atoms with Crippen LogP contribution in [0, 0.1) is 0 Å². The first-order valence-electron chi connectivity index (χ1n) is 9.56. The van der Waals surface area contributed by atoms with E-state index in [2.05, 4.69) is 12.1 Å². The molecule has 2 aliphatic heterocycles. The lowest BCUT2D eigenvalue weighted by Crippen LogP contribution is -2.15. The molecular weight excluding hydrogens is 368 g/mol. The van der Waals surface area contributed by atoms with Gasteiger partial charge in [0.05, 0.1) is 13.5 Å². The third-order valence-corrected chi connectivity index (χ3v) is 5.56. The molecule has 0 spiro atoms. The summed E-state index contributed by atoms with van der Waals surface area (Å²) in [7, 11) is 1.65. The molecule has 3 aromatic carbocycles. The lowest BCUT2D eigenvalue weighted by Gasteiger charge is -2.26. The largest absolute Gasteiger partial charge is 0.497 e. The third-order valence-electron chi connectivity index (χ3n) is 5.56. The number of benzene rings is 3. The first-order valence-corrected chi connectivity index (χ1v) is 9.56. The maximum atomic E-state index is 12.7. The number of rotatable bonds is 3. The Bertz CT molecular complexity index is 1040. The van der Waals surface area contributed by atoms with E-state index < -0.39 is 0 Å². The van der Waals surface area contributed by atoms with Crippen molar-refractivity contribution in [3.05, 3.63) is 83.4 Å². The van der Waals surface area contributed by atoms with E-state index in [0.717, 1.165) is 22.4 Å². The molecule has 0 aliphatic carbocycles. The minimum atomic E-state index is -0.255. The minimum absolute atomic E-state index is 0.0706. The average Bonchev–Trinajstić information content (AvgIpc) is 3.16. The van der Waals surface area contributed by atoms with E-state index in [9.17, 15) is 4.79 Å². The second-order valence-electron chi connectivity index (χ2n) is 7.19. The van der Waals surface area contributed by atoms with E-state index >= 15 is 0 Å². The van der Waals surface area contributed by atoms with E-state index in [4.69, 9.17) is 18.9 Å². The average molecular weight is 388 g/mol. The normalized spacial score (nSPS) is 19.8. The molecule has 0 radical (unpaired) electrons. The Morgan fingerprint density at radius 3 is 2.31 bits per heavy atom. The van der Waals surface area contributed by atoms with Gasteiger partial charge in [-0.2, -0.15) is 0 Å². The number of ether oxygens (including phenoxy) is 4. The summed E-state index contributed by atoms with van der Waals surface area (Å²) in [5.41, 5.74) is 3.09. The number of hydrogen-bond acceptors (Lipinski definition) is 5. The monoisotopic (exact) mass is 388 g/mol. The summed E-state index contributed by atoms with van der Waals surface area (Å²) in [4.78, 5) is 12.7. The zero-order valence-electron chi connectivity index (χ0n) is 16.0. The van der Waals surface area contributed by atoms with Gasteiger partial charge in [0.25, 0.3) is 0 Å². The Morgan fingerprint density at radius 2 is 1.59 bits per heavy atom.